The van der Waals surface area contributed by atoms with Crippen LogP contribution in [0.25, 0.3) is 0 Å². The highest BCUT2D eigenvalue weighted by atomic mass is 16.7. The van der Waals surface area contributed by atoms with Gasteiger partial charge in [-0.2, -0.15) is 0 Å². The number of nitrogens with zero attached hydrogens (tertiary/aromatic N) is 1. The fraction of sp³-hybridized carbons (Fsp3) is 0.611. The van der Waals surface area contributed by atoms with Gasteiger partial charge >= 0.3 is 13.1 Å². The summed E-state index contributed by atoms with van der Waals surface area (Å²) in [5.74, 6) is -0.320. The van der Waals surface area contributed by atoms with Crippen molar-refractivity contribution < 1.29 is 23.3 Å². The Labute approximate surface area is 145 Å². The van der Waals surface area contributed by atoms with Gasteiger partial charge in [0.1, 0.15) is 6.54 Å². The quantitative estimate of drug-likeness (QED) is 0.480. The lowest BCUT2D eigenvalue weighted by molar-refractivity contribution is -0.884. The molecule has 0 atom stereocenters. The second kappa shape index (κ2) is 6.17. The maximum absolute atomic E-state index is 12.1. The van der Waals surface area contributed by atoms with Crippen molar-refractivity contribution >= 4 is 18.6 Å². The van der Waals surface area contributed by atoms with Crippen molar-refractivity contribution in [3.8, 4) is 0 Å². The zero-order valence-electron chi connectivity index (χ0n) is 16.1. The summed E-state index contributed by atoms with van der Waals surface area (Å²) < 4.78 is 17.9. The Balaban J connectivity index is 2.40. The van der Waals surface area contributed by atoms with Crippen LogP contribution in [-0.2, 0) is 20.6 Å². The molecule has 1 heterocycles. The second-order valence-electron chi connectivity index (χ2n) is 8.44. The standard InChI is InChI=1S/C18H29BNO4/c1-17(2)18(3,4)24-19(23-17)14-9-10-15(16(21)22-8)13(11-14)12-20(5,6)7/h9-11H,12H2,1-8H3/q+1. The molecule has 5 nitrogen and oxygen atoms in total. The smallest absolute Gasteiger partial charge is 0.465 e. The first kappa shape index (κ1) is 19.0. The predicted octanol–water partition coefficient (Wildman–Crippen LogP) is 1.98. The van der Waals surface area contributed by atoms with Crippen LogP contribution in [0.5, 0.6) is 0 Å². The zero-order chi connectivity index (χ0) is 18.3. The van der Waals surface area contributed by atoms with Crippen molar-refractivity contribution in [3.05, 3.63) is 29.3 Å². The maximum atomic E-state index is 12.1. The molecule has 24 heavy (non-hydrogen) atoms. The van der Waals surface area contributed by atoms with Crippen LogP contribution < -0.4 is 5.46 Å². The van der Waals surface area contributed by atoms with E-state index in [0.29, 0.717) is 16.6 Å². The summed E-state index contributed by atoms with van der Waals surface area (Å²) in [6.45, 7) is 8.83. The molecule has 0 radical (unpaired) electrons. The summed E-state index contributed by atoms with van der Waals surface area (Å²) in [4.78, 5) is 12.1. The number of benzene rings is 1. The zero-order valence-corrected chi connectivity index (χ0v) is 16.1. The van der Waals surface area contributed by atoms with Gasteiger partial charge in [-0.1, -0.05) is 12.1 Å². The van der Waals surface area contributed by atoms with E-state index >= 15 is 0 Å². The second-order valence-corrected chi connectivity index (χ2v) is 8.44. The van der Waals surface area contributed by atoms with Gasteiger partial charge in [-0.3, -0.25) is 0 Å². The van der Waals surface area contributed by atoms with Gasteiger partial charge in [-0.05, 0) is 39.2 Å². The molecule has 6 heteroatoms. The van der Waals surface area contributed by atoms with Crippen molar-refractivity contribution in [2.45, 2.75) is 45.4 Å². The summed E-state index contributed by atoms with van der Waals surface area (Å²) >= 11 is 0. The Hall–Kier alpha value is -1.37. The molecule has 0 N–H and O–H groups in total. The fourth-order valence-corrected chi connectivity index (χ4v) is 2.69. The van der Waals surface area contributed by atoms with Crippen LogP contribution in [-0.4, -0.2) is 57.0 Å². The number of rotatable bonds is 4. The molecular weight excluding hydrogens is 305 g/mol. The molecule has 0 amide bonds. The van der Waals surface area contributed by atoms with Crippen LogP contribution in [0, 0.1) is 0 Å². The molecule has 1 fully saturated rings. The van der Waals surface area contributed by atoms with E-state index in [1.54, 1.807) is 6.07 Å². The van der Waals surface area contributed by atoms with E-state index in [9.17, 15) is 4.79 Å². The molecule has 1 aliphatic rings. The van der Waals surface area contributed by atoms with Gasteiger partial charge in [0.25, 0.3) is 0 Å². The van der Waals surface area contributed by atoms with Crippen LogP contribution in [0.15, 0.2) is 18.2 Å². The van der Waals surface area contributed by atoms with E-state index in [-0.39, 0.29) is 17.2 Å². The Morgan fingerprint density at radius 3 is 2.12 bits per heavy atom. The summed E-state index contributed by atoms with van der Waals surface area (Å²) in [5, 5.41) is 0. The fourth-order valence-electron chi connectivity index (χ4n) is 2.69. The number of carbonyl (C=O) groups excluding carboxylic acids is 1. The number of carbonyl (C=O) groups is 1. The average Bonchev–Trinajstić information content (AvgIpc) is 2.65. The third kappa shape index (κ3) is 3.82. The van der Waals surface area contributed by atoms with Crippen LogP contribution >= 0.6 is 0 Å². The van der Waals surface area contributed by atoms with E-state index in [1.165, 1.54) is 7.11 Å². The molecule has 0 aliphatic carbocycles. The van der Waals surface area contributed by atoms with Crippen molar-refractivity contribution in [1.82, 2.24) is 0 Å². The molecule has 1 aromatic rings. The van der Waals surface area contributed by atoms with E-state index < -0.39 is 7.12 Å². The molecular formula is C18H29BNO4+. The summed E-state index contributed by atoms with van der Waals surface area (Å²) in [6.07, 6.45) is 0. The first-order valence-electron chi connectivity index (χ1n) is 8.23. The minimum Gasteiger partial charge on any atom is -0.465 e. The largest absolute Gasteiger partial charge is 0.494 e. The van der Waals surface area contributed by atoms with Gasteiger partial charge in [0.15, 0.2) is 0 Å². The molecule has 1 saturated heterocycles. The van der Waals surface area contributed by atoms with E-state index in [1.807, 2.05) is 39.8 Å². The molecule has 2 rings (SSSR count). The molecule has 0 spiro atoms. The Morgan fingerprint density at radius 2 is 1.67 bits per heavy atom. The van der Waals surface area contributed by atoms with Crippen molar-refractivity contribution in [2.75, 3.05) is 28.3 Å². The molecule has 1 aromatic carbocycles. The van der Waals surface area contributed by atoms with Crippen molar-refractivity contribution in [1.29, 1.82) is 0 Å². The van der Waals surface area contributed by atoms with E-state index in [2.05, 4.69) is 21.1 Å². The van der Waals surface area contributed by atoms with Gasteiger partial charge in [0.05, 0.1) is 45.0 Å². The minimum absolute atomic E-state index is 0.320. The lowest BCUT2D eigenvalue weighted by Gasteiger charge is -2.32. The number of quaternary nitrogens is 1. The normalized spacial score (nSPS) is 19.4. The highest BCUT2D eigenvalue weighted by Crippen LogP contribution is 2.36. The minimum atomic E-state index is -0.437. The van der Waals surface area contributed by atoms with Crippen molar-refractivity contribution in [3.63, 3.8) is 0 Å². The molecule has 132 valence electrons. The van der Waals surface area contributed by atoms with Crippen molar-refractivity contribution in [2.24, 2.45) is 0 Å². The van der Waals surface area contributed by atoms with E-state index in [0.717, 1.165) is 11.0 Å². The third-order valence-electron chi connectivity index (χ3n) is 4.70. The Morgan fingerprint density at radius 1 is 1.12 bits per heavy atom. The number of hydrogen-bond acceptors (Lipinski definition) is 4. The number of methoxy groups -OCH3 is 1. The SMILES string of the molecule is COC(=O)c1ccc(B2OC(C)(C)C(C)(C)O2)cc1C[N+](C)(C)C. The Kier molecular flexibility index (Phi) is 4.88. The third-order valence-corrected chi connectivity index (χ3v) is 4.70. The van der Waals surface area contributed by atoms with E-state index in [4.69, 9.17) is 14.0 Å². The molecule has 0 unspecified atom stereocenters. The topological polar surface area (TPSA) is 44.8 Å². The molecule has 0 saturated carbocycles. The summed E-state index contributed by atoms with van der Waals surface area (Å²) in [6, 6.07) is 5.68. The van der Waals surface area contributed by atoms with Gasteiger partial charge < -0.3 is 18.5 Å². The average molecular weight is 334 g/mol. The van der Waals surface area contributed by atoms with Gasteiger partial charge in [0.2, 0.25) is 0 Å². The van der Waals surface area contributed by atoms with Gasteiger partial charge in [-0.25, -0.2) is 4.79 Å². The van der Waals surface area contributed by atoms with Crippen LogP contribution in [0.4, 0.5) is 0 Å². The highest BCUT2D eigenvalue weighted by molar-refractivity contribution is 6.62. The van der Waals surface area contributed by atoms with Crippen LogP contribution in [0.3, 0.4) is 0 Å². The summed E-state index contributed by atoms with van der Waals surface area (Å²) in [5.41, 5.74) is 1.66. The Bertz CT molecular complexity index is 618. The monoisotopic (exact) mass is 334 g/mol. The number of esters is 1. The number of ether oxygens (including phenoxy) is 1. The molecule has 0 aromatic heterocycles. The number of hydrogen-bond donors (Lipinski definition) is 0. The maximum Gasteiger partial charge on any atom is 0.494 e. The van der Waals surface area contributed by atoms with Crippen LogP contribution in [0.1, 0.15) is 43.6 Å². The first-order chi connectivity index (χ1) is 10.9. The highest BCUT2D eigenvalue weighted by Gasteiger charge is 2.51. The molecule has 0 bridgehead atoms. The van der Waals surface area contributed by atoms with Gasteiger partial charge in [-0.15, -0.1) is 0 Å². The first-order valence-corrected chi connectivity index (χ1v) is 8.23. The lowest BCUT2D eigenvalue weighted by atomic mass is 9.77. The van der Waals surface area contributed by atoms with Gasteiger partial charge in [0, 0.05) is 5.56 Å². The van der Waals surface area contributed by atoms with Crippen LogP contribution in [0.2, 0.25) is 0 Å². The predicted molar refractivity (Wildman–Crippen MR) is 95.2 cm³/mol. The molecule has 1 aliphatic heterocycles. The summed E-state index contributed by atoms with van der Waals surface area (Å²) in [7, 11) is 7.22. The lowest BCUT2D eigenvalue weighted by Crippen LogP contribution is -2.41.